The number of alkyl carbamates (subject to hydrolysis) is 1. The number of benzene rings is 4. The molecular weight excluding hydrogens is 1510 g/mol. The van der Waals surface area contributed by atoms with E-state index in [1.165, 1.54) is 42.5 Å². The average molecular weight is 1630 g/mol. The van der Waals surface area contributed by atoms with Gasteiger partial charge in [-0.25, -0.2) is 14.6 Å². The molecule has 0 bridgehead atoms. The van der Waals surface area contributed by atoms with Gasteiger partial charge in [0.1, 0.15) is 41.9 Å². The van der Waals surface area contributed by atoms with Gasteiger partial charge in [0, 0.05) is 88.7 Å². The van der Waals surface area contributed by atoms with E-state index < -0.39 is 151 Å². The molecule has 30 nitrogen and oxygen atoms in total. The molecule has 2 aliphatic heterocycles. The van der Waals surface area contributed by atoms with Crippen LogP contribution in [-0.2, 0) is 72.1 Å². The number of carbonyl (C=O) groups excluding carboxylic acids is 10. The van der Waals surface area contributed by atoms with Crippen molar-refractivity contribution in [3.8, 4) is 11.8 Å². The van der Waals surface area contributed by atoms with Gasteiger partial charge in [0.05, 0.1) is 73.2 Å². The molecule has 0 saturated carbocycles. The van der Waals surface area contributed by atoms with Gasteiger partial charge in [-0.1, -0.05) is 153 Å². The number of nitrogens with two attached hydrogens (primary N) is 1. The Morgan fingerprint density at radius 1 is 0.690 bits per heavy atom. The highest BCUT2D eigenvalue weighted by Crippen LogP contribution is 2.32. The second-order valence-corrected chi connectivity index (χ2v) is 31.9. The molecule has 5 aromatic rings. The van der Waals surface area contributed by atoms with E-state index in [1.54, 1.807) is 108 Å². The Labute approximate surface area is 684 Å². The van der Waals surface area contributed by atoms with Gasteiger partial charge in [-0.2, -0.15) is 0 Å². The van der Waals surface area contributed by atoms with Crippen molar-refractivity contribution in [1.29, 1.82) is 0 Å². The Hall–Kier alpha value is -9.91. The molecule has 31 heteroatoms. The van der Waals surface area contributed by atoms with Crippen molar-refractivity contribution in [3.63, 3.8) is 0 Å². The fourth-order valence-corrected chi connectivity index (χ4v) is 15.5. The summed E-state index contributed by atoms with van der Waals surface area (Å²) in [5.74, 6) is 0.454. The van der Waals surface area contributed by atoms with Gasteiger partial charge in [-0.05, 0) is 110 Å². The summed E-state index contributed by atoms with van der Waals surface area (Å²) >= 11 is 1.46. The largest absolute Gasteiger partial charge is 0.445 e. The molecule has 1 saturated heterocycles. The van der Waals surface area contributed by atoms with Gasteiger partial charge in [-0.15, -0.1) is 11.3 Å². The van der Waals surface area contributed by atoms with Gasteiger partial charge >= 0.3 is 12.1 Å². The lowest BCUT2D eigenvalue weighted by atomic mass is 9.89. The zero-order valence-electron chi connectivity index (χ0n) is 68.8. The molecule has 0 radical (unpaired) electrons. The number of fused-ring (bicyclic) bond motifs is 2. The highest BCUT2D eigenvalue weighted by molar-refractivity contribution is 7.09. The second kappa shape index (κ2) is 45.6. The Balaban J connectivity index is 0.874. The molecule has 632 valence electrons. The van der Waals surface area contributed by atoms with Crippen molar-refractivity contribution in [1.82, 2.24) is 51.6 Å². The molecule has 4 aromatic carbocycles. The highest BCUT2D eigenvalue weighted by Gasteiger charge is 2.45. The molecule has 0 aliphatic carbocycles. The van der Waals surface area contributed by atoms with Crippen LogP contribution in [0.5, 0.6) is 0 Å². The molecule has 2 aliphatic rings. The summed E-state index contributed by atoms with van der Waals surface area (Å²) in [7, 11) is 6.19. The lowest BCUT2D eigenvalue weighted by molar-refractivity contribution is -0.148. The zero-order valence-corrected chi connectivity index (χ0v) is 69.6. The average Bonchev–Trinajstić information content (AvgIpc) is 0.980. The molecule has 116 heavy (non-hydrogen) atoms. The minimum atomic E-state index is -2.02. The minimum Gasteiger partial charge on any atom is -0.445 e. The summed E-state index contributed by atoms with van der Waals surface area (Å²) in [6, 6.07) is 24.1. The first-order chi connectivity index (χ1) is 55.3. The van der Waals surface area contributed by atoms with E-state index in [9.17, 15) is 68.4 Å². The van der Waals surface area contributed by atoms with Crippen molar-refractivity contribution in [2.45, 2.75) is 212 Å². The van der Waals surface area contributed by atoms with E-state index in [-0.39, 0.29) is 87.2 Å². The first-order valence-corrected chi connectivity index (χ1v) is 40.7. The molecule has 13 N–H and O–H groups in total. The van der Waals surface area contributed by atoms with Crippen molar-refractivity contribution >= 4 is 82.1 Å². The maximum atomic E-state index is 14.9. The maximum Gasteiger partial charge on any atom is 0.407 e. The number of thiazole rings is 1. The quantitative estimate of drug-likeness (QED) is 0.0165. The third-order valence-electron chi connectivity index (χ3n) is 21.5. The molecule has 1 fully saturated rings. The highest BCUT2D eigenvalue weighted by atomic mass is 32.1. The van der Waals surface area contributed by atoms with Gasteiger partial charge in [-0.3, -0.25) is 43.3 Å². The number of methoxy groups -OCH3 is 2. The number of hydrogen-bond donors (Lipinski definition) is 12. The predicted molar refractivity (Wildman–Crippen MR) is 439 cm³/mol. The van der Waals surface area contributed by atoms with Crippen molar-refractivity contribution in [2.75, 3.05) is 64.7 Å². The fourth-order valence-electron chi connectivity index (χ4n) is 14.8. The summed E-state index contributed by atoms with van der Waals surface area (Å²) in [5, 5.41) is 66.4. The van der Waals surface area contributed by atoms with E-state index in [0.717, 1.165) is 21.7 Å². The van der Waals surface area contributed by atoms with Gasteiger partial charge < -0.3 is 92.3 Å². The van der Waals surface area contributed by atoms with Crippen molar-refractivity contribution < 1.29 is 82.6 Å². The van der Waals surface area contributed by atoms with Gasteiger partial charge in [0.15, 0.2) is 0 Å². The molecule has 15 atom stereocenters. The number of urea groups is 1. The van der Waals surface area contributed by atoms with E-state index in [4.69, 9.17) is 19.9 Å². The van der Waals surface area contributed by atoms with Gasteiger partial charge in [0.2, 0.25) is 47.3 Å². The number of hydrogen-bond acceptors (Lipinski definition) is 20. The maximum absolute atomic E-state index is 14.9. The van der Waals surface area contributed by atoms with Crippen LogP contribution in [0.4, 0.5) is 21.0 Å². The Bertz CT molecular complexity index is 4130. The molecule has 7 rings (SSSR count). The van der Waals surface area contributed by atoms with Gasteiger partial charge in [0.25, 0.3) is 0 Å². The van der Waals surface area contributed by atoms with Crippen LogP contribution in [0, 0.1) is 41.4 Å². The minimum absolute atomic E-state index is 0.0344. The normalized spacial score (nSPS) is 16.9. The van der Waals surface area contributed by atoms with E-state index >= 15 is 0 Å². The van der Waals surface area contributed by atoms with Crippen LogP contribution in [0.1, 0.15) is 153 Å². The van der Waals surface area contributed by atoms with Crippen LogP contribution in [-0.4, -0.2) is 227 Å². The number of likely N-dealkylation sites (tertiary alicyclic amines) is 1. The number of nitrogens with zero attached hydrogens (tertiary/aromatic N) is 5. The lowest BCUT2D eigenvalue weighted by Gasteiger charge is -2.41. The summed E-state index contributed by atoms with van der Waals surface area (Å²) in [6.07, 6.45) is -6.23. The number of nitrogens with one attached hydrogen (secondary N) is 7. The lowest BCUT2D eigenvalue weighted by Crippen LogP contribution is -2.60. The summed E-state index contributed by atoms with van der Waals surface area (Å²) < 4.78 is 17.5. The SMILES string of the molecule is CCC(C)C(C(CC(=O)N1CCCC1C(OC)C(C)C(=O)NC(Cc1ccccc1)c1nccs1)OC)N(C)C(=O)C(NC(=O)C(C(C)C)N(C)CC(O)C(O)C(O)C(O)CNC(=O)OCc1ccc(NC(=O)C(CCCNC(N)=O)NC(=O)C(NC(=O)CCC(=O)N2Cc3ccccc3C#Cc3ccccc32)C(C)C)cc1)C(C)C. The Morgan fingerprint density at radius 2 is 1.34 bits per heavy atom. The molecular formula is C85H119N13O17S. The topological polar surface area (TPSA) is 415 Å². The third kappa shape index (κ3) is 26.6. The van der Waals surface area contributed by atoms with Crippen LogP contribution in [0.25, 0.3) is 0 Å². The number of primary amides is 1. The van der Waals surface area contributed by atoms with E-state index in [2.05, 4.69) is 54.0 Å². The number of aliphatic hydroxyl groups is 4. The summed E-state index contributed by atoms with van der Waals surface area (Å²) in [4.78, 5) is 149. The first-order valence-electron chi connectivity index (χ1n) is 39.8. The molecule has 1 aromatic heterocycles. The number of likely N-dealkylation sites (N-methyl/N-ethyl adjacent to an activating group) is 2. The van der Waals surface area contributed by atoms with Crippen LogP contribution in [0.2, 0.25) is 0 Å². The standard InChI is InChI=1S/C85H119N13O17S/c1-14-53(8)74(67(113-12)45-70(103)97-42-23-31-64(97)77(114-13)54(9)78(106)92-62(82-87-41-43-116-82)44-55-24-16-15-17-25-55)96(11)83(110)72(51(4)5)94-81(109)73(52(6)7)95(10)48-66(100)76(105)75(104)65(99)46-89-85(112)115-49-56-32-36-60(37-33-56)90-79(107)61(29-22-40-88-84(86)111)91-80(108)71(50(2)3)93-68(101)38-39-69(102)98-47-59-28-19-18-26-57(59)34-35-58-27-20-21-30-63(58)98/h15-21,24-28,30,32-33,36-37,41,43,50-54,61-62,64-67,71-77,99-100,104-105H,14,22-23,29,31,38-40,42,44-49H2,1-13H3,(H,89,112)(H,90,107)(H,91,108)(H,92,106)(H,93,101)(H,94,109)(H3,86,88,111). The number of ether oxygens (including phenoxy) is 3. The van der Waals surface area contributed by atoms with Crippen LogP contribution in [0.15, 0.2) is 115 Å². The van der Waals surface area contributed by atoms with E-state index in [0.29, 0.717) is 49.0 Å². The molecule has 11 amide bonds. The second-order valence-electron chi connectivity index (χ2n) is 31.0. The Morgan fingerprint density at radius 3 is 1.98 bits per heavy atom. The summed E-state index contributed by atoms with van der Waals surface area (Å²) in [5.41, 5.74) is 9.93. The number of carbonyl (C=O) groups is 10. The molecule has 0 spiro atoms. The first kappa shape index (κ1) is 93.3. The van der Waals surface area contributed by atoms with E-state index in [1.807, 2.05) is 86.0 Å². The number of aromatic nitrogens is 1. The molecule has 15 unspecified atom stereocenters. The third-order valence-corrected chi connectivity index (χ3v) is 22.4. The number of anilines is 2. The summed E-state index contributed by atoms with van der Waals surface area (Å²) in [6.45, 7) is 15.7. The zero-order chi connectivity index (χ0) is 85.0. The molecule has 3 heterocycles. The number of para-hydroxylation sites is 1. The predicted octanol–water partition coefficient (Wildman–Crippen LogP) is 5.67. The smallest absolute Gasteiger partial charge is 0.407 e. The fraction of sp³-hybridized carbons (Fsp3) is 0.541. The van der Waals surface area contributed by atoms with Crippen molar-refractivity contribution in [3.05, 3.63) is 148 Å². The van der Waals surface area contributed by atoms with Crippen LogP contribution < -0.4 is 47.9 Å². The number of aliphatic hydroxyl groups excluding tert-OH is 4. The number of amides is 11. The monoisotopic (exact) mass is 1630 g/mol. The van der Waals surface area contributed by atoms with Crippen LogP contribution >= 0.6 is 11.3 Å². The van der Waals surface area contributed by atoms with Crippen LogP contribution in [0.3, 0.4) is 0 Å². The Kier molecular flexibility index (Phi) is 36.6. The van der Waals surface area contributed by atoms with Crippen molar-refractivity contribution in [2.24, 2.45) is 35.3 Å². The number of rotatable bonds is 43.